The van der Waals surface area contributed by atoms with Gasteiger partial charge in [-0.1, -0.05) is 22.9 Å². The highest BCUT2D eigenvalue weighted by molar-refractivity contribution is 9.10. The number of amides is 1. The standard InChI is InChI=1S/C8H14BrNO2/c1-2-6(5-11)10-7(12)8(9)3-4-8/h6,11H,2-5H2,1H3,(H,10,12). The predicted octanol–water partition coefficient (Wildman–Crippen LogP) is 0.801. The molecule has 2 N–H and O–H groups in total. The van der Waals surface area contributed by atoms with Gasteiger partial charge in [-0.3, -0.25) is 4.79 Å². The Bertz CT molecular complexity index is 176. The van der Waals surface area contributed by atoms with Crippen molar-refractivity contribution in [3.63, 3.8) is 0 Å². The maximum Gasteiger partial charge on any atom is 0.237 e. The lowest BCUT2D eigenvalue weighted by Crippen LogP contribution is -2.41. The smallest absolute Gasteiger partial charge is 0.237 e. The summed E-state index contributed by atoms with van der Waals surface area (Å²) in [5, 5.41) is 11.6. The van der Waals surface area contributed by atoms with Gasteiger partial charge in [-0.05, 0) is 19.3 Å². The Labute approximate surface area is 80.7 Å². The van der Waals surface area contributed by atoms with Crippen LogP contribution in [0.4, 0.5) is 0 Å². The molecule has 1 rings (SSSR count). The number of hydrogen-bond acceptors (Lipinski definition) is 2. The average Bonchev–Trinajstić information content (AvgIpc) is 2.80. The highest BCUT2D eigenvalue weighted by Crippen LogP contribution is 2.44. The molecule has 70 valence electrons. The van der Waals surface area contributed by atoms with E-state index < -0.39 is 0 Å². The largest absolute Gasteiger partial charge is 0.394 e. The van der Waals surface area contributed by atoms with Gasteiger partial charge in [0.1, 0.15) is 4.32 Å². The summed E-state index contributed by atoms with van der Waals surface area (Å²) in [5.74, 6) is 0.0170. The van der Waals surface area contributed by atoms with Crippen LogP contribution in [0.1, 0.15) is 26.2 Å². The van der Waals surface area contributed by atoms with Crippen LogP contribution in [0.25, 0.3) is 0 Å². The number of carbonyl (C=O) groups is 1. The molecular weight excluding hydrogens is 222 g/mol. The second-order valence-electron chi connectivity index (χ2n) is 3.23. The summed E-state index contributed by atoms with van der Waals surface area (Å²) in [6, 6.07) is -0.0903. The fraction of sp³-hybridized carbons (Fsp3) is 0.875. The van der Waals surface area contributed by atoms with Crippen molar-refractivity contribution in [2.24, 2.45) is 0 Å². The minimum atomic E-state index is -0.310. The van der Waals surface area contributed by atoms with Gasteiger partial charge in [0.15, 0.2) is 0 Å². The van der Waals surface area contributed by atoms with Gasteiger partial charge in [0.05, 0.1) is 12.6 Å². The molecule has 12 heavy (non-hydrogen) atoms. The van der Waals surface area contributed by atoms with E-state index in [1.807, 2.05) is 6.92 Å². The molecule has 1 aliphatic carbocycles. The number of aliphatic hydroxyl groups is 1. The summed E-state index contributed by atoms with van der Waals surface area (Å²) in [6.07, 6.45) is 2.58. The topological polar surface area (TPSA) is 49.3 Å². The van der Waals surface area contributed by atoms with E-state index in [9.17, 15) is 4.79 Å². The molecule has 0 aromatic carbocycles. The Kier molecular flexibility index (Phi) is 3.12. The number of alkyl halides is 1. The lowest BCUT2D eigenvalue weighted by Gasteiger charge is -2.15. The first-order valence-corrected chi connectivity index (χ1v) is 5.02. The third-order valence-corrected chi connectivity index (χ3v) is 3.30. The van der Waals surface area contributed by atoms with Crippen LogP contribution in [0.15, 0.2) is 0 Å². The zero-order chi connectivity index (χ0) is 9.19. The van der Waals surface area contributed by atoms with Gasteiger partial charge in [0.2, 0.25) is 5.91 Å². The third-order valence-electron chi connectivity index (χ3n) is 2.14. The molecule has 0 aromatic heterocycles. The number of halogens is 1. The SMILES string of the molecule is CCC(CO)NC(=O)C1(Br)CC1. The van der Waals surface area contributed by atoms with Gasteiger partial charge in [-0.15, -0.1) is 0 Å². The zero-order valence-corrected chi connectivity index (χ0v) is 8.73. The van der Waals surface area contributed by atoms with Crippen molar-refractivity contribution in [3.8, 4) is 0 Å². The number of carbonyl (C=O) groups excluding carboxylic acids is 1. The molecule has 1 fully saturated rings. The highest BCUT2D eigenvalue weighted by Gasteiger charge is 2.47. The highest BCUT2D eigenvalue weighted by atomic mass is 79.9. The first-order valence-electron chi connectivity index (χ1n) is 4.23. The van der Waals surface area contributed by atoms with Gasteiger partial charge in [0.25, 0.3) is 0 Å². The van der Waals surface area contributed by atoms with Crippen LogP contribution in [0.2, 0.25) is 0 Å². The van der Waals surface area contributed by atoms with Gasteiger partial charge in [0, 0.05) is 0 Å². The van der Waals surface area contributed by atoms with E-state index >= 15 is 0 Å². The van der Waals surface area contributed by atoms with E-state index in [-0.39, 0.29) is 22.9 Å². The molecule has 4 heteroatoms. The summed E-state index contributed by atoms with van der Waals surface area (Å²) in [4.78, 5) is 11.4. The molecule has 1 saturated carbocycles. The summed E-state index contributed by atoms with van der Waals surface area (Å²) >= 11 is 3.35. The van der Waals surface area contributed by atoms with Crippen LogP contribution in [0.3, 0.4) is 0 Å². The fourth-order valence-electron chi connectivity index (χ4n) is 0.928. The van der Waals surface area contributed by atoms with E-state index in [1.165, 1.54) is 0 Å². The van der Waals surface area contributed by atoms with Gasteiger partial charge in [-0.2, -0.15) is 0 Å². The van der Waals surface area contributed by atoms with Gasteiger partial charge in [-0.25, -0.2) is 0 Å². The Balaban J connectivity index is 2.34. The minimum Gasteiger partial charge on any atom is -0.394 e. The summed E-state index contributed by atoms with van der Waals surface area (Å²) < 4.78 is -0.310. The molecule has 0 spiro atoms. The van der Waals surface area contributed by atoms with Crippen molar-refractivity contribution >= 4 is 21.8 Å². The van der Waals surface area contributed by atoms with Crippen molar-refractivity contribution in [3.05, 3.63) is 0 Å². The van der Waals surface area contributed by atoms with E-state index in [4.69, 9.17) is 5.11 Å². The van der Waals surface area contributed by atoms with E-state index in [2.05, 4.69) is 21.2 Å². The Morgan fingerprint density at radius 2 is 2.33 bits per heavy atom. The molecule has 1 unspecified atom stereocenters. The lowest BCUT2D eigenvalue weighted by molar-refractivity contribution is -0.122. The summed E-state index contributed by atoms with van der Waals surface area (Å²) in [5.41, 5.74) is 0. The van der Waals surface area contributed by atoms with E-state index in [0.717, 1.165) is 19.3 Å². The number of rotatable bonds is 4. The first kappa shape index (κ1) is 9.99. The van der Waals surface area contributed by atoms with Crippen molar-refractivity contribution in [2.45, 2.75) is 36.6 Å². The number of nitrogens with one attached hydrogen (secondary N) is 1. The molecule has 1 aliphatic rings. The number of aliphatic hydroxyl groups excluding tert-OH is 1. The molecule has 0 radical (unpaired) electrons. The van der Waals surface area contributed by atoms with E-state index in [0.29, 0.717) is 0 Å². The molecule has 1 atom stereocenters. The fourth-order valence-corrected chi connectivity index (χ4v) is 1.24. The van der Waals surface area contributed by atoms with Crippen molar-refractivity contribution in [1.29, 1.82) is 0 Å². The second kappa shape index (κ2) is 3.75. The lowest BCUT2D eigenvalue weighted by atomic mass is 10.2. The quantitative estimate of drug-likeness (QED) is 0.709. The van der Waals surface area contributed by atoms with Crippen molar-refractivity contribution in [2.75, 3.05) is 6.61 Å². The molecule has 0 aliphatic heterocycles. The van der Waals surface area contributed by atoms with Gasteiger partial charge < -0.3 is 10.4 Å². The molecule has 0 bridgehead atoms. The Morgan fingerprint density at radius 3 is 2.67 bits per heavy atom. The first-order chi connectivity index (χ1) is 5.62. The Morgan fingerprint density at radius 1 is 1.75 bits per heavy atom. The maximum atomic E-state index is 11.4. The van der Waals surface area contributed by atoms with Crippen LogP contribution in [-0.2, 0) is 4.79 Å². The monoisotopic (exact) mass is 235 g/mol. The van der Waals surface area contributed by atoms with Crippen LogP contribution in [0.5, 0.6) is 0 Å². The summed E-state index contributed by atoms with van der Waals surface area (Å²) in [6.45, 7) is 1.96. The maximum absolute atomic E-state index is 11.4. The average molecular weight is 236 g/mol. The van der Waals surface area contributed by atoms with E-state index in [1.54, 1.807) is 0 Å². The third kappa shape index (κ3) is 2.20. The van der Waals surface area contributed by atoms with Crippen LogP contribution >= 0.6 is 15.9 Å². The molecule has 1 amide bonds. The predicted molar refractivity (Wildman–Crippen MR) is 50.2 cm³/mol. The van der Waals surface area contributed by atoms with Crippen LogP contribution < -0.4 is 5.32 Å². The van der Waals surface area contributed by atoms with Crippen molar-refractivity contribution < 1.29 is 9.90 Å². The zero-order valence-electron chi connectivity index (χ0n) is 7.14. The van der Waals surface area contributed by atoms with Crippen LogP contribution in [-0.4, -0.2) is 28.0 Å². The summed E-state index contributed by atoms with van der Waals surface area (Å²) in [7, 11) is 0. The Hall–Kier alpha value is -0.0900. The molecule has 0 aromatic rings. The molecule has 0 saturated heterocycles. The molecule has 0 heterocycles. The molecular formula is C8H14BrNO2. The van der Waals surface area contributed by atoms with Crippen molar-refractivity contribution in [1.82, 2.24) is 5.32 Å². The second-order valence-corrected chi connectivity index (χ2v) is 4.74. The normalized spacial score (nSPS) is 21.6. The number of hydrogen-bond donors (Lipinski definition) is 2. The van der Waals surface area contributed by atoms with Gasteiger partial charge >= 0.3 is 0 Å². The molecule has 3 nitrogen and oxygen atoms in total. The van der Waals surface area contributed by atoms with Crippen LogP contribution in [0, 0.1) is 0 Å². The minimum absolute atomic E-state index is 0.0170.